The van der Waals surface area contributed by atoms with Crippen LogP contribution in [0, 0.1) is 12.8 Å². The zero-order chi connectivity index (χ0) is 14.0. The normalized spacial score (nSPS) is 18.7. The average molecular weight is 348 g/mol. The molecule has 4 nitrogen and oxygen atoms in total. The summed E-state index contributed by atoms with van der Waals surface area (Å²) in [5.41, 5.74) is 1.61. The van der Waals surface area contributed by atoms with Crippen molar-refractivity contribution in [3.05, 3.63) is 27.2 Å². The quantitative estimate of drug-likeness (QED) is 0.863. The minimum atomic E-state index is -0.156. The summed E-state index contributed by atoms with van der Waals surface area (Å²) in [7, 11) is 0. The Labute approximate surface area is 125 Å². The molecule has 0 bridgehead atoms. The molecule has 0 radical (unpaired) electrons. The molecule has 1 aliphatic rings. The molecule has 1 heterocycles. The average Bonchev–Trinajstić information content (AvgIpc) is 2.84. The van der Waals surface area contributed by atoms with Crippen LogP contribution in [0.1, 0.15) is 12.0 Å². The van der Waals surface area contributed by atoms with Crippen molar-refractivity contribution in [2.45, 2.75) is 13.3 Å². The highest BCUT2D eigenvalue weighted by Crippen LogP contribution is 2.29. The van der Waals surface area contributed by atoms with Gasteiger partial charge in [0, 0.05) is 35.1 Å². The third-order valence-corrected chi connectivity index (χ3v) is 4.38. The Hall–Kier alpha value is -0.780. The van der Waals surface area contributed by atoms with E-state index in [2.05, 4.69) is 21.2 Å². The smallest absolute Gasteiger partial charge is 0.321 e. The van der Waals surface area contributed by atoms with Crippen LogP contribution in [0.25, 0.3) is 0 Å². The maximum Gasteiger partial charge on any atom is 0.321 e. The summed E-state index contributed by atoms with van der Waals surface area (Å²) in [5, 5.41) is 12.5. The summed E-state index contributed by atoms with van der Waals surface area (Å²) >= 11 is 9.47. The Morgan fingerprint density at radius 1 is 1.63 bits per heavy atom. The van der Waals surface area contributed by atoms with E-state index >= 15 is 0 Å². The number of nitrogens with zero attached hydrogens (tertiary/aromatic N) is 1. The van der Waals surface area contributed by atoms with E-state index in [4.69, 9.17) is 16.7 Å². The molecule has 2 amide bonds. The number of nitrogens with one attached hydrogen (secondary N) is 1. The van der Waals surface area contributed by atoms with Crippen molar-refractivity contribution in [3.63, 3.8) is 0 Å². The van der Waals surface area contributed by atoms with E-state index in [0.717, 1.165) is 16.5 Å². The van der Waals surface area contributed by atoms with Crippen molar-refractivity contribution < 1.29 is 9.90 Å². The van der Waals surface area contributed by atoms with E-state index in [-0.39, 0.29) is 18.6 Å². The molecule has 1 aliphatic heterocycles. The fourth-order valence-corrected chi connectivity index (χ4v) is 2.82. The van der Waals surface area contributed by atoms with Crippen LogP contribution < -0.4 is 5.32 Å². The van der Waals surface area contributed by atoms with Gasteiger partial charge in [-0.15, -0.1) is 0 Å². The van der Waals surface area contributed by atoms with Crippen molar-refractivity contribution in [2.24, 2.45) is 5.92 Å². The molecule has 0 aliphatic carbocycles. The van der Waals surface area contributed by atoms with Gasteiger partial charge >= 0.3 is 6.03 Å². The predicted molar refractivity (Wildman–Crippen MR) is 79.7 cm³/mol. The molecule has 2 rings (SSSR count). The van der Waals surface area contributed by atoms with E-state index < -0.39 is 0 Å². The maximum atomic E-state index is 12.1. The number of amides is 2. The van der Waals surface area contributed by atoms with Gasteiger partial charge in [0.25, 0.3) is 0 Å². The standard InChI is InChI=1S/C13H16BrClN2O2/c1-8-4-10(14)12(5-11(8)15)16-13(19)17-3-2-9(6-17)7-18/h4-5,9,18H,2-3,6-7H2,1H3,(H,16,19)/t9-/m1/s1. The molecule has 1 aromatic carbocycles. The summed E-state index contributed by atoms with van der Waals surface area (Å²) in [6.07, 6.45) is 0.847. The van der Waals surface area contributed by atoms with E-state index in [1.54, 1.807) is 11.0 Å². The Morgan fingerprint density at radius 3 is 3.00 bits per heavy atom. The number of aryl methyl sites for hydroxylation is 1. The number of anilines is 1. The Balaban J connectivity index is 2.05. The molecule has 1 fully saturated rings. The van der Waals surface area contributed by atoms with Crippen LogP contribution in [-0.4, -0.2) is 35.7 Å². The lowest BCUT2D eigenvalue weighted by Crippen LogP contribution is -2.33. The first kappa shape index (κ1) is 14.6. The molecule has 1 saturated heterocycles. The SMILES string of the molecule is Cc1cc(Br)c(NC(=O)N2CC[C@@H](CO)C2)cc1Cl. The zero-order valence-corrected chi connectivity index (χ0v) is 13.0. The first-order valence-corrected chi connectivity index (χ1v) is 7.30. The predicted octanol–water partition coefficient (Wildman–Crippen LogP) is 3.26. The van der Waals surface area contributed by atoms with E-state index in [1.807, 2.05) is 13.0 Å². The van der Waals surface area contributed by atoms with Gasteiger partial charge in [-0.3, -0.25) is 0 Å². The fourth-order valence-electron chi connectivity index (χ4n) is 2.10. The number of carbonyl (C=O) groups excluding carboxylic acids is 1. The highest BCUT2D eigenvalue weighted by molar-refractivity contribution is 9.10. The van der Waals surface area contributed by atoms with Crippen LogP contribution in [0.3, 0.4) is 0 Å². The van der Waals surface area contributed by atoms with Crippen LogP contribution in [0.15, 0.2) is 16.6 Å². The van der Waals surface area contributed by atoms with Crippen LogP contribution >= 0.6 is 27.5 Å². The number of halogens is 2. The molecule has 1 aromatic rings. The number of aliphatic hydroxyl groups is 1. The molecule has 1 atom stereocenters. The van der Waals surface area contributed by atoms with Crippen LogP contribution in [0.2, 0.25) is 5.02 Å². The van der Waals surface area contributed by atoms with Gasteiger partial charge in [-0.2, -0.15) is 0 Å². The van der Waals surface area contributed by atoms with Crippen molar-refractivity contribution in [3.8, 4) is 0 Å². The molecule has 0 saturated carbocycles. The van der Waals surface area contributed by atoms with Gasteiger partial charge in [-0.05, 0) is 47.0 Å². The topological polar surface area (TPSA) is 52.6 Å². The second-order valence-electron chi connectivity index (χ2n) is 4.79. The molecule has 19 heavy (non-hydrogen) atoms. The monoisotopic (exact) mass is 346 g/mol. The van der Waals surface area contributed by atoms with Crippen LogP contribution in [-0.2, 0) is 0 Å². The first-order valence-electron chi connectivity index (χ1n) is 6.13. The third-order valence-electron chi connectivity index (χ3n) is 3.32. The summed E-state index contributed by atoms with van der Waals surface area (Å²) in [6.45, 7) is 3.31. The van der Waals surface area contributed by atoms with E-state index in [0.29, 0.717) is 23.8 Å². The summed E-state index contributed by atoms with van der Waals surface area (Å²) < 4.78 is 0.806. The minimum Gasteiger partial charge on any atom is -0.396 e. The minimum absolute atomic E-state index is 0.129. The molecule has 0 spiro atoms. The highest BCUT2D eigenvalue weighted by atomic mass is 79.9. The molecule has 6 heteroatoms. The van der Waals surface area contributed by atoms with Crippen molar-refractivity contribution in [1.82, 2.24) is 4.90 Å². The highest BCUT2D eigenvalue weighted by Gasteiger charge is 2.25. The van der Waals surface area contributed by atoms with Gasteiger partial charge < -0.3 is 15.3 Å². The Morgan fingerprint density at radius 2 is 2.37 bits per heavy atom. The molecule has 104 valence electrons. The van der Waals surface area contributed by atoms with Gasteiger partial charge in [0.05, 0.1) is 5.69 Å². The second kappa shape index (κ2) is 6.11. The number of likely N-dealkylation sites (tertiary alicyclic amines) is 1. The molecule has 2 N–H and O–H groups in total. The van der Waals surface area contributed by atoms with Gasteiger partial charge in [-0.25, -0.2) is 4.79 Å². The van der Waals surface area contributed by atoms with E-state index in [1.165, 1.54) is 0 Å². The van der Waals surface area contributed by atoms with Crippen molar-refractivity contribution in [2.75, 3.05) is 25.0 Å². The number of carbonyl (C=O) groups is 1. The lowest BCUT2D eigenvalue weighted by Gasteiger charge is -2.18. The lowest BCUT2D eigenvalue weighted by molar-refractivity contribution is 0.208. The van der Waals surface area contributed by atoms with E-state index in [9.17, 15) is 4.79 Å². The van der Waals surface area contributed by atoms with Gasteiger partial charge in [-0.1, -0.05) is 11.6 Å². The third kappa shape index (κ3) is 3.41. The van der Waals surface area contributed by atoms with Gasteiger partial charge in [0.1, 0.15) is 0 Å². The molecular weight excluding hydrogens is 332 g/mol. The van der Waals surface area contributed by atoms with Crippen molar-refractivity contribution in [1.29, 1.82) is 0 Å². The molecule has 0 aromatic heterocycles. The number of aliphatic hydroxyl groups excluding tert-OH is 1. The van der Waals surface area contributed by atoms with Gasteiger partial charge in [0.2, 0.25) is 0 Å². The lowest BCUT2D eigenvalue weighted by atomic mass is 10.1. The molecule has 0 unspecified atom stereocenters. The number of urea groups is 1. The fraction of sp³-hybridized carbons (Fsp3) is 0.462. The number of hydrogen-bond donors (Lipinski definition) is 2. The largest absolute Gasteiger partial charge is 0.396 e. The van der Waals surface area contributed by atoms with Crippen LogP contribution in [0.4, 0.5) is 10.5 Å². The van der Waals surface area contributed by atoms with Gasteiger partial charge in [0.15, 0.2) is 0 Å². The summed E-state index contributed by atoms with van der Waals surface area (Å²) in [6, 6.07) is 3.45. The summed E-state index contributed by atoms with van der Waals surface area (Å²) in [5.74, 6) is 0.191. The first-order chi connectivity index (χ1) is 9.01. The number of hydrogen-bond acceptors (Lipinski definition) is 2. The number of benzene rings is 1. The maximum absolute atomic E-state index is 12.1. The number of rotatable bonds is 2. The Kier molecular flexibility index (Phi) is 4.71. The summed E-state index contributed by atoms with van der Waals surface area (Å²) in [4.78, 5) is 13.8. The molecular formula is C13H16BrClN2O2. The Bertz CT molecular complexity index is 496. The zero-order valence-electron chi connectivity index (χ0n) is 10.6. The van der Waals surface area contributed by atoms with Crippen LogP contribution in [0.5, 0.6) is 0 Å². The second-order valence-corrected chi connectivity index (χ2v) is 6.06. The van der Waals surface area contributed by atoms with Crippen molar-refractivity contribution >= 4 is 39.2 Å².